The summed E-state index contributed by atoms with van der Waals surface area (Å²) in [5.74, 6) is 0.957. The molecule has 2 rings (SSSR count). The summed E-state index contributed by atoms with van der Waals surface area (Å²) in [5.41, 5.74) is 1.59. The Hall–Kier alpha value is -1.49. The highest BCUT2D eigenvalue weighted by molar-refractivity contribution is 6.37. The first kappa shape index (κ1) is 17.9. The van der Waals surface area contributed by atoms with E-state index in [1.165, 1.54) is 0 Å². The Balaban J connectivity index is 2.20. The number of ether oxygens (including phenoxy) is 2. The predicted molar refractivity (Wildman–Crippen MR) is 94.6 cm³/mol. The number of phenols is 1. The number of methoxy groups -OCH3 is 1. The average molecular weight is 377 g/mol. The highest BCUT2D eigenvalue weighted by Gasteiger charge is 2.12. The molecule has 23 heavy (non-hydrogen) atoms. The molecule has 0 unspecified atom stereocenters. The van der Waals surface area contributed by atoms with E-state index >= 15 is 0 Å². The number of phenolic OH excluding ortho intramolecular Hbond substituents is 1. The Morgan fingerprint density at radius 3 is 2.26 bits per heavy atom. The third-order valence-corrected chi connectivity index (χ3v) is 3.94. The van der Waals surface area contributed by atoms with Crippen molar-refractivity contribution in [2.45, 2.75) is 13.5 Å². The minimum Gasteiger partial charge on any atom is -0.505 e. The molecule has 0 radical (unpaired) electrons. The molecular formula is C16H16Cl3NO3. The smallest absolute Gasteiger partial charge is 0.179 e. The third kappa shape index (κ3) is 4.28. The van der Waals surface area contributed by atoms with Crippen LogP contribution in [0.2, 0.25) is 15.1 Å². The van der Waals surface area contributed by atoms with E-state index in [0.29, 0.717) is 35.4 Å². The van der Waals surface area contributed by atoms with Crippen LogP contribution in [0, 0.1) is 0 Å². The Morgan fingerprint density at radius 2 is 1.70 bits per heavy atom. The van der Waals surface area contributed by atoms with E-state index in [9.17, 15) is 5.11 Å². The van der Waals surface area contributed by atoms with Gasteiger partial charge in [-0.25, -0.2) is 0 Å². The van der Waals surface area contributed by atoms with E-state index in [1.54, 1.807) is 25.3 Å². The van der Waals surface area contributed by atoms with Gasteiger partial charge in [-0.3, -0.25) is 0 Å². The second-order valence-corrected chi connectivity index (χ2v) is 5.91. The molecule has 2 N–H and O–H groups in total. The number of nitrogens with one attached hydrogen (secondary N) is 1. The molecule has 0 heterocycles. The van der Waals surface area contributed by atoms with Crippen LogP contribution in [0.4, 0.5) is 5.69 Å². The van der Waals surface area contributed by atoms with Crippen LogP contribution in [-0.4, -0.2) is 18.8 Å². The fourth-order valence-electron chi connectivity index (χ4n) is 2.06. The zero-order valence-corrected chi connectivity index (χ0v) is 14.9. The van der Waals surface area contributed by atoms with Crippen LogP contribution < -0.4 is 14.8 Å². The molecule has 0 aromatic heterocycles. The average Bonchev–Trinajstić information content (AvgIpc) is 2.50. The van der Waals surface area contributed by atoms with Gasteiger partial charge in [0.2, 0.25) is 0 Å². The maximum Gasteiger partial charge on any atom is 0.179 e. The summed E-state index contributed by atoms with van der Waals surface area (Å²) in [4.78, 5) is 0. The van der Waals surface area contributed by atoms with E-state index in [2.05, 4.69) is 5.32 Å². The molecule has 2 aromatic rings. The van der Waals surface area contributed by atoms with Gasteiger partial charge in [0.1, 0.15) is 0 Å². The normalized spacial score (nSPS) is 10.5. The van der Waals surface area contributed by atoms with Gasteiger partial charge in [0.05, 0.1) is 28.8 Å². The van der Waals surface area contributed by atoms with Gasteiger partial charge in [-0.05, 0) is 36.8 Å². The summed E-state index contributed by atoms with van der Waals surface area (Å²) >= 11 is 18.0. The highest BCUT2D eigenvalue weighted by atomic mass is 35.5. The first-order valence-corrected chi connectivity index (χ1v) is 8.00. The summed E-state index contributed by atoms with van der Waals surface area (Å²) < 4.78 is 10.8. The molecule has 0 fully saturated rings. The van der Waals surface area contributed by atoms with Crippen LogP contribution in [0.15, 0.2) is 24.3 Å². The summed E-state index contributed by atoms with van der Waals surface area (Å²) in [6, 6.07) is 6.83. The summed E-state index contributed by atoms with van der Waals surface area (Å²) in [6.07, 6.45) is 0. The first-order chi connectivity index (χ1) is 11.0. The van der Waals surface area contributed by atoms with Gasteiger partial charge in [0.15, 0.2) is 17.2 Å². The second kappa shape index (κ2) is 7.86. The lowest BCUT2D eigenvalue weighted by molar-refractivity contribution is 0.310. The van der Waals surface area contributed by atoms with E-state index in [0.717, 1.165) is 5.56 Å². The van der Waals surface area contributed by atoms with Crippen molar-refractivity contribution in [1.29, 1.82) is 0 Å². The van der Waals surface area contributed by atoms with Gasteiger partial charge in [-0.2, -0.15) is 0 Å². The lowest BCUT2D eigenvalue weighted by atomic mass is 10.2. The summed E-state index contributed by atoms with van der Waals surface area (Å²) in [6.45, 7) is 2.87. The predicted octanol–water partition coefficient (Wildman–Crippen LogP) is 5.37. The van der Waals surface area contributed by atoms with E-state index < -0.39 is 0 Å². The largest absolute Gasteiger partial charge is 0.505 e. The first-order valence-electron chi connectivity index (χ1n) is 6.87. The van der Waals surface area contributed by atoms with Gasteiger partial charge in [-0.15, -0.1) is 0 Å². The van der Waals surface area contributed by atoms with Gasteiger partial charge >= 0.3 is 0 Å². The van der Waals surface area contributed by atoms with Gasteiger partial charge in [-0.1, -0.05) is 34.8 Å². The SMILES string of the molecule is CCOc1cc(CNc2cc(Cl)c(O)c(Cl)c2)cc(Cl)c1OC. The molecule has 0 saturated carbocycles. The van der Waals surface area contributed by atoms with E-state index in [4.69, 9.17) is 44.3 Å². The molecule has 0 bridgehead atoms. The Labute approximate surface area is 149 Å². The Bertz CT molecular complexity index is 684. The molecule has 0 amide bonds. The molecule has 4 nitrogen and oxygen atoms in total. The topological polar surface area (TPSA) is 50.7 Å². The number of anilines is 1. The molecule has 0 aliphatic carbocycles. The number of rotatable bonds is 6. The molecule has 0 spiro atoms. The molecule has 2 aromatic carbocycles. The van der Waals surface area contributed by atoms with Crippen LogP contribution in [-0.2, 0) is 6.54 Å². The van der Waals surface area contributed by atoms with Crippen LogP contribution in [0.3, 0.4) is 0 Å². The highest BCUT2D eigenvalue weighted by Crippen LogP contribution is 2.37. The van der Waals surface area contributed by atoms with Crippen LogP contribution in [0.25, 0.3) is 0 Å². The van der Waals surface area contributed by atoms with Crippen molar-refractivity contribution in [1.82, 2.24) is 0 Å². The van der Waals surface area contributed by atoms with E-state index in [1.807, 2.05) is 13.0 Å². The molecule has 124 valence electrons. The fraction of sp³-hybridized carbons (Fsp3) is 0.250. The Kier molecular flexibility index (Phi) is 6.10. The van der Waals surface area contributed by atoms with Gasteiger partial charge in [0, 0.05) is 12.2 Å². The van der Waals surface area contributed by atoms with Crippen LogP contribution >= 0.6 is 34.8 Å². The second-order valence-electron chi connectivity index (χ2n) is 4.68. The zero-order chi connectivity index (χ0) is 17.0. The fourth-order valence-corrected chi connectivity index (χ4v) is 2.85. The van der Waals surface area contributed by atoms with Crippen molar-refractivity contribution in [3.05, 3.63) is 44.9 Å². The molecule has 0 aliphatic rings. The number of aromatic hydroxyl groups is 1. The van der Waals surface area contributed by atoms with Gasteiger partial charge in [0.25, 0.3) is 0 Å². The van der Waals surface area contributed by atoms with Crippen molar-refractivity contribution in [3.8, 4) is 17.2 Å². The number of halogens is 3. The lowest BCUT2D eigenvalue weighted by Gasteiger charge is -2.14. The maximum absolute atomic E-state index is 9.57. The molecule has 0 saturated heterocycles. The number of hydrogen-bond donors (Lipinski definition) is 2. The van der Waals surface area contributed by atoms with Crippen molar-refractivity contribution >= 4 is 40.5 Å². The van der Waals surface area contributed by atoms with Gasteiger partial charge < -0.3 is 19.9 Å². The summed E-state index contributed by atoms with van der Waals surface area (Å²) in [5, 5.41) is 13.6. The molecule has 0 aliphatic heterocycles. The number of benzene rings is 2. The van der Waals surface area contributed by atoms with Crippen molar-refractivity contribution < 1.29 is 14.6 Å². The van der Waals surface area contributed by atoms with Crippen molar-refractivity contribution in [2.75, 3.05) is 19.0 Å². The molecule has 0 atom stereocenters. The molecule has 7 heteroatoms. The van der Waals surface area contributed by atoms with E-state index in [-0.39, 0.29) is 15.8 Å². The van der Waals surface area contributed by atoms with Crippen molar-refractivity contribution in [2.24, 2.45) is 0 Å². The standard InChI is InChI=1S/C16H16Cl3NO3/c1-3-23-14-5-9(4-13(19)16(14)22-2)8-20-10-6-11(17)15(21)12(18)7-10/h4-7,20-21H,3,8H2,1-2H3. The summed E-state index contributed by atoms with van der Waals surface area (Å²) in [7, 11) is 1.54. The monoisotopic (exact) mass is 375 g/mol. The van der Waals surface area contributed by atoms with Crippen molar-refractivity contribution in [3.63, 3.8) is 0 Å². The molecular weight excluding hydrogens is 361 g/mol. The quantitative estimate of drug-likeness (QED) is 0.665. The lowest BCUT2D eigenvalue weighted by Crippen LogP contribution is -2.02. The number of hydrogen-bond acceptors (Lipinski definition) is 4. The minimum absolute atomic E-state index is 0.134. The Morgan fingerprint density at radius 1 is 1.04 bits per heavy atom. The maximum atomic E-state index is 9.57. The van der Waals surface area contributed by atoms with Crippen LogP contribution in [0.5, 0.6) is 17.2 Å². The zero-order valence-electron chi connectivity index (χ0n) is 12.6. The minimum atomic E-state index is -0.134. The third-order valence-electron chi connectivity index (χ3n) is 3.09. The van der Waals surface area contributed by atoms with Crippen LogP contribution in [0.1, 0.15) is 12.5 Å².